The first-order chi connectivity index (χ1) is 13.1. The van der Waals surface area contributed by atoms with E-state index in [1.165, 1.54) is 12.8 Å². The van der Waals surface area contributed by atoms with Crippen molar-refractivity contribution in [3.63, 3.8) is 0 Å². The topological polar surface area (TPSA) is 39.2 Å². The van der Waals surface area contributed by atoms with Crippen molar-refractivity contribution >= 4 is 32.8 Å². The first-order valence-electron chi connectivity index (χ1n) is 9.43. The Kier molecular flexibility index (Phi) is 6.62. The summed E-state index contributed by atoms with van der Waals surface area (Å²) in [5.74, 6) is -0.275. The lowest BCUT2D eigenvalue weighted by Crippen LogP contribution is -2.08. The molecule has 0 saturated heterocycles. The monoisotopic (exact) mass is 425 g/mol. The SMILES string of the molecule is CCCCCCOC(=O)c1cc(-c2ccc(Br)cc2)nc2c(C)cccc12. The van der Waals surface area contributed by atoms with Crippen LogP contribution in [0.2, 0.25) is 0 Å². The van der Waals surface area contributed by atoms with Gasteiger partial charge in [-0.3, -0.25) is 0 Å². The summed E-state index contributed by atoms with van der Waals surface area (Å²) in [6.07, 6.45) is 4.33. The number of nitrogens with zero attached hydrogens (tertiary/aromatic N) is 1. The first-order valence-corrected chi connectivity index (χ1v) is 10.2. The van der Waals surface area contributed by atoms with E-state index < -0.39 is 0 Å². The van der Waals surface area contributed by atoms with Crippen molar-refractivity contribution in [3.05, 3.63) is 64.1 Å². The zero-order valence-electron chi connectivity index (χ0n) is 15.8. The van der Waals surface area contributed by atoms with E-state index in [9.17, 15) is 4.79 Å². The number of aromatic nitrogens is 1. The molecule has 3 rings (SSSR count). The van der Waals surface area contributed by atoms with E-state index in [4.69, 9.17) is 9.72 Å². The highest BCUT2D eigenvalue weighted by Crippen LogP contribution is 2.28. The first kappa shape index (κ1) is 19.6. The van der Waals surface area contributed by atoms with E-state index in [0.29, 0.717) is 12.2 Å². The normalized spacial score (nSPS) is 10.9. The summed E-state index contributed by atoms with van der Waals surface area (Å²) < 4.78 is 6.57. The van der Waals surface area contributed by atoms with Crippen LogP contribution in [0.3, 0.4) is 0 Å². The third kappa shape index (κ3) is 4.75. The molecule has 0 amide bonds. The minimum atomic E-state index is -0.275. The summed E-state index contributed by atoms with van der Waals surface area (Å²) in [4.78, 5) is 17.6. The van der Waals surface area contributed by atoms with Gasteiger partial charge in [0.2, 0.25) is 0 Å². The maximum atomic E-state index is 12.8. The van der Waals surface area contributed by atoms with Crippen LogP contribution in [0.4, 0.5) is 0 Å². The molecule has 0 saturated carbocycles. The predicted molar refractivity (Wildman–Crippen MR) is 114 cm³/mol. The number of para-hydroxylation sites is 1. The van der Waals surface area contributed by atoms with Crippen LogP contribution in [0.25, 0.3) is 22.2 Å². The molecule has 3 aromatic rings. The third-order valence-corrected chi connectivity index (χ3v) is 5.16. The second kappa shape index (κ2) is 9.14. The number of benzene rings is 2. The number of hydrogen-bond donors (Lipinski definition) is 0. The Morgan fingerprint density at radius 3 is 2.59 bits per heavy atom. The average molecular weight is 426 g/mol. The van der Waals surface area contributed by atoms with Gasteiger partial charge in [-0.05, 0) is 37.1 Å². The van der Waals surface area contributed by atoms with Crippen molar-refractivity contribution in [2.45, 2.75) is 39.5 Å². The molecular formula is C23H24BrNO2. The van der Waals surface area contributed by atoms with Gasteiger partial charge in [0.15, 0.2) is 0 Å². The number of pyridine rings is 1. The maximum Gasteiger partial charge on any atom is 0.338 e. The summed E-state index contributed by atoms with van der Waals surface area (Å²) in [6, 6.07) is 15.7. The highest BCUT2D eigenvalue weighted by atomic mass is 79.9. The molecule has 140 valence electrons. The van der Waals surface area contributed by atoms with Gasteiger partial charge >= 0.3 is 5.97 Å². The van der Waals surface area contributed by atoms with Crippen molar-refractivity contribution in [2.75, 3.05) is 6.61 Å². The average Bonchev–Trinajstić information content (AvgIpc) is 2.68. The Bertz CT molecular complexity index is 935. The number of aryl methyl sites for hydroxylation is 1. The van der Waals surface area contributed by atoms with Gasteiger partial charge in [-0.1, -0.05) is 72.4 Å². The van der Waals surface area contributed by atoms with Gasteiger partial charge in [-0.25, -0.2) is 9.78 Å². The van der Waals surface area contributed by atoms with E-state index in [0.717, 1.165) is 45.0 Å². The number of carbonyl (C=O) groups excluding carboxylic acids is 1. The lowest BCUT2D eigenvalue weighted by Gasteiger charge is -2.11. The van der Waals surface area contributed by atoms with Crippen LogP contribution in [-0.4, -0.2) is 17.6 Å². The molecule has 27 heavy (non-hydrogen) atoms. The second-order valence-corrected chi connectivity index (χ2v) is 7.65. The molecule has 0 atom stereocenters. The number of hydrogen-bond acceptors (Lipinski definition) is 3. The zero-order valence-corrected chi connectivity index (χ0v) is 17.4. The Morgan fingerprint density at radius 2 is 1.85 bits per heavy atom. The minimum absolute atomic E-state index is 0.275. The molecule has 0 unspecified atom stereocenters. The second-order valence-electron chi connectivity index (χ2n) is 6.73. The van der Waals surface area contributed by atoms with Crippen LogP contribution in [0.15, 0.2) is 53.0 Å². The van der Waals surface area contributed by atoms with Crippen LogP contribution in [0, 0.1) is 6.92 Å². The van der Waals surface area contributed by atoms with E-state index in [2.05, 4.69) is 22.9 Å². The molecule has 0 aliphatic rings. The number of rotatable bonds is 7. The third-order valence-electron chi connectivity index (χ3n) is 4.63. The molecule has 1 aromatic heterocycles. The molecule has 0 fully saturated rings. The van der Waals surface area contributed by atoms with Gasteiger partial charge < -0.3 is 4.74 Å². The van der Waals surface area contributed by atoms with Gasteiger partial charge in [-0.2, -0.15) is 0 Å². The number of esters is 1. The summed E-state index contributed by atoms with van der Waals surface area (Å²) in [7, 11) is 0. The van der Waals surface area contributed by atoms with E-state index >= 15 is 0 Å². The molecule has 1 heterocycles. The van der Waals surface area contributed by atoms with Gasteiger partial charge in [0.25, 0.3) is 0 Å². The van der Waals surface area contributed by atoms with Gasteiger partial charge in [0, 0.05) is 15.4 Å². The van der Waals surface area contributed by atoms with Crippen molar-refractivity contribution in [1.82, 2.24) is 4.98 Å². The molecule has 4 heteroatoms. The highest BCUT2D eigenvalue weighted by Gasteiger charge is 2.16. The standard InChI is InChI=1S/C23H24BrNO2/c1-3-4-5-6-14-27-23(26)20-15-21(17-10-12-18(24)13-11-17)25-22-16(2)8-7-9-19(20)22/h7-13,15H,3-6,14H2,1-2H3. The summed E-state index contributed by atoms with van der Waals surface area (Å²) in [6.45, 7) is 4.64. The predicted octanol–water partition coefficient (Wildman–Crippen LogP) is 6.71. The number of fused-ring (bicyclic) bond motifs is 1. The number of halogens is 1. The molecule has 2 aromatic carbocycles. The largest absolute Gasteiger partial charge is 0.462 e. The zero-order chi connectivity index (χ0) is 19.2. The fraction of sp³-hybridized carbons (Fsp3) is 0.304. The van der Waals surface area contributed by atoms with Gasteiger partial charge in [0.05, 0.1) is 23.4 Å². The van der Waals surface area contributed by atoms with Crippen LogP contribution in [-0.2, 0) is 4.74 Å². The van der Waals surface area contributed by atoms with Crippen molar-refractivity contribution < 1.29 is 9.53 Å². The molecule has 0 aliphatic heterocycles. The molecule has 0 spiro atoms. The lowest BCUT2D eigenvalue weighted by molar-refractivity contribution is 0.0500. The fourth-order valence-corrected chi connectivity index (χ4v) is 3.37. The number of unbranched alkanes of at least 4 members (excludes halogenated alkanes) is 3. The summed E-state index contributed by atoms with van der Waals surface area (Å²) in [5.41, 5.74) is 4.22. The molecule has 3 nitrogen and oxygen atoms in total. The van der Waals surface area contributed by atoms with E-state index in [-0.39, 0.29) is 5.97 Å². The Balaban J connectivity index is 1.96. The van der Waals surface area contributed by atoms with Gasteiger partial charge in [0.1, 0.15) is 0 Å². The number of carbonyl (C=O) groups is 1. The molecule has 0 bridgehead atoms. The fourth-order valence-electron chi connectivity index (χ4n) is 3.10. The highest BCUT2D eigenvalue weighted by molar-refractivity contribution is 9.10. The van der Waals surface area contributed by atoms with E-state index in [1.807, 2.05) is 55.5 Å². The molecule has 0 aliphatic carbocycles. The quantitative estimate of drug-likeness (QED) is 0.311. The molecular weight excluding hydrogens is 402 g/mol. The van der Waals surface area contributed by atoms with Crippen LogP contribution >= 0.6 is 15.9 Å². The maximum absolute atomic E-state index is 12.8. The van der Waals surface area contributed by atoms with Gasteiger partial charge in [-0.15, -0.1) is 0 Å². The lowest BCUT2D eigenvalue weighted by atomic mass is 10.0. The Morgan fingerprint density at radius 1 is 1.07 bits per heavy atom. The number of ether oxygens (including phenoxy) is 1. The summed E-state index contributed by atoms with van der Waals surface area (Å²) in [5, 5.41) is 0.842. The van der Waals surface area contributed by atoms with Crippen molar-refractivity contribution in [1.29, 1.82) is 0 Å². The van der Waals surface area contributed by atoms with E-state index in [1.54, 1.807) is 0 Å². The van der Waals surface area contributed by atoms with Crippen LogP contribution < -0.4 is 0 Å². The van der Waals surface area contributed by atoms with Crippen molar-refractivity contribution in [2.24, 2.45) is 0 Å². The summed E-state index contributed by atoms with van der Waals surface area (Å²) >= 11 is 3.46. The van der Waals surface area contributed by atoms with Crippen LogP contribution in [0.5, 0.6) is 0 Å². The van der Waals surface area contributed by atoms with Crippen LogP contribution in [0.1, 0.15) is 48.5 Å². The molecule has 0 N–H and O–H groups in total. The minimum Gasteiger partial charge on any atom is -0.462 e. The Labute approximate surface area is 168 Å². The molecule has 0 radical (unpaired) electrons. The van der Waals surface area contributed by atoms with Crippen molar-refractivity contribution in [3.8, 4) is 11.3 Å². The smallest absolute Gasteiger partial charge is 0.338 e. The Hall–Kier alpha value is -2.20.